The Morgan fingerprint density at radius 3 is 2.41 bits per heavy atom. The molecule has 0 spiro atoms. The number of anilines is 1. The maximum Gasteiger partial charge on any atom is 0.255 e. The van der Waals surface area contributed by atoms with Gasteiger partial charge in [-0.25, -0.2) is 0 Å². The van der Waals surface area contributed by atoms with Crippen molar-refractivity contribution in [1.29, 1.82) is 0 Å². The third kappa shape index (κ3) is 3.14. The quantitative estimate of drug-likeness (QED) is 0.488. The van der Waals surface area contributed by atoms with Crippen LogP contribution in [0.25, 0.3) is 21.9 Å². The number of ether oxygens (including phenoxy) is 1. The van der Waals surface area contributed by atoms with Crippen LogP contribution in [0, 0.1) is 0 Å². The molecule has 0 atom stereocenters. The van der Waals surface area contributed by atoms with Crippen LogP contribution in [-0.4, -0.2) is 13.0 Å². The fourth-order valence-electron chi connectivity index (χ4n) is 3.23. The lowest BCUT2D eigenvalue weighted by Gasteiger charge is -2.11. The van der Waals surface area contributed by atoms with E-state index >= 15 is 0 Å². The summed E-state index contributed by atoms with van der Waals surface area (Å²) in [5.41, 5.74) is 3.91. The van der Waals surface area contributed by atoms with Crippen molar-refractivity contribution >= 4 is 33.5 Å². The summed E-state index contributed by atoms with van der Waals surface area (Å²) in [5.74, 6) is 0.845. The van der Waals surface area contributed by atoms with Gasteiger partial charge in [0.15, 0.2) is 0 Å². The molecule has 4 aromatic rings. The normalized spacial score (nSPS) is 11.3. The van der Waals surface area contributed by atoms with Crippen LogP contribution in [0.1, 0.15) is 35.7 Å². The van der Waals surface area contributed by atoms with Crippen LogP contribution in [0.3, 0.4) is 0 Å². The van der Waals surface area contributed by atoms with Gasteiger partial charge < -0.3 is 14.5 Å². The Hall–Kier alpha value is -3.27. The van der Waals surface area contributed by atoms with Crippen LogP contribution < -0.4 is 10.1 Å². The number of amides is 1. The minimum Gasteiger partial charge on any atom is -0.495 e. The van der Waals surface area contributed by atoms with E-state index < -0.39 is 0 Å². The average Bonchev–Trinajstić information content (AvgIpc) is 3.04. The second kappa shape index (κ2) is 6.80. The molecule has 0 unspecified atom stereocenters. The summed E-state index contributed by atoms with van der Waals surface area (Å²) < 4.78 is 11.4. The molecular weight excluding hydrogens is 338 g/mol. The number of benzene rings is 3. The number of methoxy groups -OCH3 is 1. The van der Waals surface area contributed by atoms with Crippen molar-refractivity contribution in [3.05, 3.63) is 71.8 Å². The standard InChI is InChI=1S/C23H21NO3/c1-14(2)15-8-10-16(11-9-15)23(25)24-19-13-21-18(12-22(19)26-3)17-6-4-5-7-20(17)27-21/h4-14H,1-3H3,(H,24,25). The van der Waals surface area contributed by atoms with Crippen molar-refractivity contribution < 1.29 is 13.9 Å². The highest BCUT2D eigenvalue weighted by Gasteiger charge is 2.15. The molecule has 0 aliphatic rings. The van der Waals surface area contributed by atoms with Crippen molar-refractivity contribution in [3.8, 4) is 5.75 Å². The molecule has 1 heterocycles. The molecule has 0 bridgehead atoms. The van der Waals surface area contributed by atoms with Gasteiger partial charge in [-0.3, -0.25) is 4.79 Å². The molecule has 27 heavy (non-hydrogen) atoms. The number of para-hydroxylation sites is 1. The molecule has 4 nitrogen and oxygen atoms in total. The summed E-state index contributed by atoms with van der Waals surface area (Å²) >= 11 is 0. The van der Waals surface area contributed by atoms with E-state index in [0.29, 0.717) is 28.5 Å². The molecule has 0 saturated carbocycles. The molecule has 0 aliphatic heterocycles. The Labute approximate surface area is 157 Å². The third-order valence-corrected chi connectivity index (χ3v) is 4.79. The first-order valence-electron chi connectivity index (χ1n) is 8.97. The highest BCUT2D eigenvalue weighted by atomic mass is 16.5. The van der Waals surface area contributed by atoms with Crippen LogP contribution in [0.4, 0.5) is 5.69 Å². The van der Waals surface area contributed by atoms with E-state index in [-0.39, 0.29) is 5.91 Å². The van der Waals surface area contributed by atoms with Crippen LogP contribution >= 0.6 is 0 Å². The van der Waals surface area contributed by atoms with Crippen molar-refractivity contribution in [3.63, 3.8) is 0 Å². The van der Waals surface area contributed by atoms with Crippen molar-refractivity contribution in [2.75, 3.05) is 12.4 Å². The van der Waals surface area contributed by atoms with E-state index in [9.17, 15) is 4.79 Å². The van der Waals surface area contributed by atoms with E-state index in [2.05, 4.69) is 19.2 Å². The molecule has 3 aromatic carbocycles. The molecule has 1 N–H and O–H groups in total. The van der Waals surface area contributed by atoms with Crippen LogP contribution in [-0.2, 0) is 0 Å². The number of rotatable bonds is 4. The fourth-order valence-corrected chi connectivity index (χ4v) is 3.23. The molecule has 0 fully saturated rings. The van der Waals surface area contributed by atoms with Crippen LogP contribution in [0.5, 0.6) is 5.75 Å². The minimum absolute atomic E-state index is 0.181. The van der Waals surface area contributed by atoms with E-state index in [1.165, 1.54) is 5.56 Å². The number of hydrogen-bond donors (Lipinski definition) is 1. The van der Waals surface area contributed by atoms with Gasteiger partial charge in [0.2, 0.25) is 0 Å². The highest BCUT2D eigenvalue weighted by molar-refractivity contribution is 6.10. The van der Waals surface area contributed by atoms with Gasteiger partial charge in [0, 0.05) is 22.4 Å². The summed E-state index contributed by atoms with van der Waals surface area (Å²) in [6, 6.07) is 19.2. The lowest BCUT2D eigenvalue weighted by atomic mass is 10.0. The van der Waals surface area contributed by atoms with Crippen LogP contribution in [0.15, 0.2) is 65.1 Å². The van der Waals surface area contributed by atoms with E-state index in [4.69, 9.17) is 9.15 Å². The summed E-state index contributed by atoms with van der Waals surface area (Å²) in [4.78, 5) is 12.7. The van der Waals surface area contributed by atoms with Gasteiger partial charge in [-0.2, -0.15) is 0 Å². The molecule has 0 saturated heterocycles. The zero-order valence-electron chi connectivity index (χ0n) is 15.6. The summed E-state index contributed by atoms with van der Waals surface area (Å²) in [6.45, 7) is 4.25. The number of carbonyl (C=O) groups excluding carboxylic acids is 1. The predicted octanol–water partition coefficient (Wildman–Crippen LogP) is 5.97. The van der Waals surface area contributed by atoms with Gasteiger partial charge in [-0.1, -0.05) is 44.2 Å². The fraction of sp³-hybridized carbons (Fsp3) is 0.174. The zero-order chi connectivity index (χ0) is 19.0. The number of furan rings is 1. The Balaban J connectivity index is 1.70. The van der Waals surface area contributed by atoms with E-state index in [0.717, 1.165) is 16.4 Å². The van der Waals surface area contributed by atoms with Gasteiger partial charge in [-0.15, -0.1) is 0 Å². The molecule has 0 aliphatic carbocycles. The first kappa shape index (κ1) is 17.2. The van der Waals surface area contributed by atoms with Crippen molar-refractivity contribution in [1.82, 2.24) is 0 Å². The third-order valence-electron chi connectivity index (χ3n) is 4.79. The van der Waals surface area contributed by atoms with Crippen molar-refractivity contribution in [2.45, 2.75) is 19.8 Å². The molecule has 4 rings (SSSR count). The lowest BCUT2D eigenvalue weighted by molar-refractivity contribution is 0.102. The van der Waals surface area contributed by atoms with E-state index in [1.807, 2.05) is 60.7 Å². The largest absolute Gasteiger partial charge is 0.495 e. The average molecular weight is 359 g/mol. The summed E-state index contributed by atoms with van der Waals surface area (Å²) in [7, 11) is 1.59. The molecule has 1 amide bonds. The Morgan fingerprint density at radius 1 is 0.963 bits per heavy atom. The highest BCUT2D eigenvalue weighted by Crippen LogP contribution is 2.36. The number of nitrogens with one attached hydrogen (secondary N) is 1. The number of hydrogen-bond acceptors (Lipinski definition) is 3. The maximum atomic E-state index is 12.7. The summed E-state index contributed by atoms with van der Waals surface area (Å²) in [5, 5.41) is 4.92. The minimum atomic E-state index is -0.181. The lowest BCUT2D eigenvalue weighted by Crippen LogP contribution is -2.12. The second-order valence-corrected chi connectivity index (χ2v) is 6.88. The van der Waals surface area contributed by atoms with Gasteiger partial charge in [0.25, 0.3) is 5.91 Å². The molecule has 4 heteroatoms. The van der Waals surface area contributed by atoms with E-state index in [1.54, 1.807) is 7.11 Å². The van der Waals surface area contributed by atoms with Gasteiger partial charge in [-0.05, 0) is 35.7 Å². The SMILES string of the molecule is COc1cc2c(cc1NC(=O)c1ccc(C(C)C)cc1)oc1ccccc12. The maximum absolute atomic E-state index is 12.7. The molecular formula is C23H21NO3. The second-order valence-electron chi connectivity index (χ2n) is 6.88. The van der Waals surface area contributed by atoms with Crippen molar-refractivity contribution in [2.24, 2.45) is 0 Å². The first-order chi connectivity index (χ1) is 13.1. The monoisotopic (exact) mass is 359 g/mol. The number of fused-ring (bicyclic) bond motifs is 3. The Morgan fingerprint density at radius 2 is 1.70 bits per heavy atom. The van der Waals surface area contributed by atoms with Gasteiger partial charge in [0.05, 0.1) is 12.8 Å². The first-order valence-corrected chi connectivity index (χ1v) is 8.97. The molecule has 136 valence electrons. The van der Waals surface area contributed by atoms with Crippen LogP contribution in [0.2, 0.25) is 0 Å². The summed E-state index contributed by atoms with van der Waals surface area (Å²) in [6.07, 6.45) is 0. The Kier molecular flexibility index (Phi) is 4.32. The Bertz CT molecular complexity index is 1120. The van der Waals surface area contributed by atoms with Gasteiger partial charge in [0.1, 0.15) is 16.9 Å². The molecule has 1 aromatic heterocycles. The molecule has 0 radical (unpaired) electrons. The predicted molar refractivity (Wildman–Crippen MR) is 109 cm³/mol. The topological polar surface area (TPSA) is 51.5 Å². The van der Waals surface area contributed by atoms with Gasteiger partial charge >= 0.3 is 0 Å². The number of carbonyl (C=O) groups is 1. The zero-order valence-corrected chi connectivity index (χ0v) is 15.6. The smallest absolute Gasteiger partial charge is 0.255 e.